The molecule has 1 aromatic carbocycles. The zero-order valence-corrected chi connectivity index (χ0v) is 13.1. The molecule has 0 radical (unpaired) electrons. The number of aromatic nitrogens is 1. The molecule has 4 nitrogen and oxygen atoms in total. The van der Waals surface area contributed by atoms with Gasteiger partial charge in [-0.1, -0.05) is 18.2 Å². The molecule has 0 fully saturated rings. The van der Waals surface area contributed by atoms with Gasteiger partial charge >= 0.3 is 0 Å². The van der Waals surface area contributed by atoms with Gasteiger partial charge in [-0.3, -0.25) is 4.79 Å². The van der Waals surface area contributed by atoms with Crippen LogP contribution in [0, 0.1) is 20.8 Å². The molecule has 22 heavy (non-hydrogen) atoms. The number of nitrogens with one attached hydrogen (secondary N) is 2. The molecule has 0 saturated carbocycles. The van der Waals surface area contributed by atoms with Crippen molar-refractivity contribution in [2.75, 3.05) is 6.54 Å². The first kappa shape index (κ1) is 14.4. The zero-order valence-electron chi connectivity index (χ0n) is 13.1. The molecule has 0 saturated heterocycles. The summed E-state index contributed by atoms with van der Waals surface area (Å²) in [6, 6.07) is 8.19. The molecule has 4 heteroatoms. The van der Waals surface area contributed by atoms with Gasteiger partial charge < -0.3 is 14.7 Å². The number of aromatic amines is 1. The van der Waals surface area contributed by atoms with Crippen LogP contribution in [0.4, 0.5) is 0 Å². The van der Waals surface area contributed by atoms with Crippen molar-refractivity contribution < 1.29 is 9.21 Å². The SMILES string of the molecule is Cc1oc(C)c(C(=O)NCCc2c[nH]c3ccccc23)c1C. The van der Waals surface area contributed by atoms with E-state index in [-0.39, 0.29) is 5.91 Å². The molecule has 0 bridgehead atoms. The number of furan rings is 1. The third-order valence-electron chi connectivity index (χ3n) is 4.14. The Kier molecular flexibility index (Phi) is 3.75. The van der Waals surface area contributed by atoms with E-state index in [1.54, 1.807) is 0 Å². The number of hydrogen-bond acceptors (Lipinski definition) is 2. The number of rotatable bonds is 4. The Morgan fingerprint density at radius 2 is 1.95 bits per heavy atom. The number of benzene rings is 1. The number of carbonyl (C=O) groups is 1. The summed E-state index contributed by atoms with van der Waals surface area (Å²) in [5, 5.41) is 4.20. The van der Waals surface area contributed by atoms with Crippen LogP contribution >= 0.6 is 0 Å². The van der Waals surface area contributed by atoms with E-state index in [1.807, 2.05) is 39.1 Å². The second-order valence-corrected chi connectivity index (χ2v) is 5.58. The van der Waals surface area contributed by atoms with E-state index in [1.165, 1.54) is 10.9 Å². The molecule has 2 heterocycles. The highest BCUT2D eigenvalue weighted by molar-refractivity contribution is 5.96. The Hall–Kier alpha value is -2.49. The molecule has 2 N–H and O–H groups in total. The van der Waals surface area contributed by atoms with Gasteiger partial charge in [0.05, 0.1) is 5.56 Å². The number of H-pyrrole nitrogens is 1. The van der Waals surface area contributed by atoms with E-state index in [0.29, 0.717) is 17.9 Å². The van der Waals surface area contributed by atoms with E-state index in [0.717, 1.165) is 23.3 Å². The first-order chi connectivity index (χ1) is 10.6. The summed E-state index contributed by atoms with van der Waals surface area (Å²) < 4.78 is 5.51. The summed E-state index contributed by atoms with van der Waals surface area (Å²) in [5.41, 5.74) is 3.92. The van der Waals surface area contributed by atoms with Crippen LogP contribution < -0.4 is 5.32 Å². The third kappa shape index (κ3) is 2.52. The van der Waals surface area contributed by atoms with Crippen molar-refractivity contribution in [3.63, 3.8) is 0 Å². The summed E-state index contributed by atoms with van der Waals surface area (Å²) in [6.45, 7) is 6.23. The standard InChI is InChI=1S/C18H20N2O2/c1-11-12(2)22-13(3)17(11)18(21)19-9-8-14-10-20-16-7-5-4-6-15(14)16/h4-7,10,20H,8-9H2,1-3H3,(H,19,21). The maximum atomic E-state index is 12.3. The van der Waals surface area contributed by atoms with Crippen molar-refractivity contribution in [3.05, 3.63) is 58.7 Å². The molecular formula is C18H20N2O2. The van der Waals surface area contributed by atoms with Crippen molar-refractivity contribution in [3.8, 4) is 0 Å². The fourth-order valence-corrected chi connectivity index (χ4v) is 2.87. The number of carbonyl (C=O) groups excluding carboxylic acids is 1. The lowest BCUT2D eigenvalue weighted by atomic mass is 10.1. The molecule has 0 spiro atoms. The van der Waals surface area contributed by atoms with E-state index < -0.39 is 0 Å². The number of fused-ring (bicyclic) bond motifs is 1. The predicted molar refractivity (Wildman–Crippen MR) is 87.3 cm³/mol. The molecule has 2 aromatic heterocycles. The van der Waals surface area contributed by atoms with Crippen molar-refractivity contribution >= 4 is 16.8 Å². The minimum atomic E-state index is -0.0632. The van der Waals surface area contributed by atoms with E-state index in [2.05, 4.69) is 22.4 Å². The van der Waals surface area contributed by atoms with Crippen LogP contribution in [0.1, 0.15) is 33.0 Å². The summed E-state index contributed by atoms with van der Waals surface area (Å²) >= 11 is 0. The molecule has 0 atom stereocenters. The van der Waals surface area contributed by atoms with E-state index in [4.69, 9.17) is 4.42 Å². The average molecular weight is 296 g/mol. The fraction of sp³-hybridized carbons (Fsp3) is 0.278. The second-order valence-electron chi connectivity index (χ2n) is 5.58. The van der Waals surface area contributed by atoms with Gasteiger partial charge in [0, 0.05) is 29.2 Å². The molecule has 0 aliphatic rings. The summed E-state index contributed by atoms with van der Waals surface area (Å²) in [5.74, 6) is 1.42. The highest BCUT2D eigenvalue weighted by Gasteiger charge is 2.18. The molecule has 0 aliphatic carbocycles. The number of para-hydroxylation sites is 1. The monoisotopic (exact) mass is 296 g/mol. The van der Waals surface area contributed by atoms with E-state index in [9.17, 15) is 4.79 Å². The number of amides is 1. The fourth-order valence-electron chi connectivity index (χ4n) is 2.87. The van der Waals surface area contributed by atoms with Crippen LogP contribution in [0.15, 0.2) is 34.9 Å². The molecule has 1 amide bonds. The lowest BCUT2D eigenvalue weighted by Gasteiger charge is -2.05. The lowest BCUT2D eigenvalue weighted by molar-refractivity contribution is 0.0952. The molecule has 3 aromatic rings. The van der Waals surface area contributed by atoms with Crippen molar-refractivity contribution in [2.45, 2.75) is 27.2 Å². The topological polar surface area (TPSA) is 58.0 Å². The number of aryl methyl sites for hydroxylation is 2. The van der Waals surface area contributed by atoms with Crippen LogP contribution in [-0.4, -0.2) is 17.4 Å². The summed E-state index contributed by atoms with van der Waals surface area (Å²) in [6.07, 6.45) is 2.81. The second kappa shape index (κ2) is 5.72. The van der Waals surface area contributed by atoms with Crippen LogP contribution in [-0.2, 0) is 6.42 Å². The van der Waals surface area contributed by atoms with Crippen molar-refractivity contribution in [2.24, 2.45) is 0 Å². The highest BCUT2D eigenvalue weighted by Crippen LogP contribution is 2.21. The van der Waals surface area contributed by atoms with Crippen LogP contribution in [0.25, 0.3) is 10.9 Å². The maximum Gasteiger partial charge on any atom is 0.255 e. The smallest absolute Gasteiger partial charge is 0.255 e. The minimum Gasteiger partial charge on any atom is -0.466 e. The van der Waals surface area contributed by atoms with Crippen LogP contribution in [0.2, 0.25) is 0 Å². The maximum absolute atomic E-state index is 12.3. The Bertz CT molecular complexity index is 827. The van der Waals surface area contributed by atoms with Gasteiger partial charge in [-0.25, -0.2) is 0 Å². The minimum absolute atomic E-state index is 0.0632. The highest BCUT2D eigenvalue weighted by atomic mass is 16.3. The zero-order chi connectivity index (χ0) is 15.7. The normalized spacial score (nSPS) is 11.0. The van der Waals surface area contributed by atoms with Crippen molar-refractivity contribution in [1.29, 1.82) is 0 Å². The van der Waals surface area contributed by atoms with Crippen LogP contribution in [0.3, 0.4) is 0 Å². The van der Waals surface area contributed by atoms with Gasteiger partial charge in [0.15, 0.2) is 0 Å². The van der Waals surface area contributed by atoms with Gasteiger partial charge in [-0.2, -0.15) is 0 Å². The van der Waals surface area contributed by atoms with Gasteiger partial charge in [0.2, 0.25) is 0 Å². The number of hydrogen-bond donors (Lipinski definition) is 2. The lowest BCUT2D eigenvalue weighted by Crippen LogP contribution is -2.26. The molecule has 0 unspecified atom stereocenters. The van der Waals surface area contributed by atoms with E-state index >= 15 is 0 Å². The molecule has 3 rings (SSSR count). The molecule has 0 aliphatic heterocycles. The molecular weight excluding hydrogens is 276 g/mol. The Morgan fingerprint density at radius 1 is 1.18 bits per heavy atom. The van der Waals surface area contributed by atoms with Gasteiger partial charge in [-0.05, 0) is 38.8 Å². The van der Waals surface area contributed by atoms with Crippen molar-refractivity contribution in [1.82, 2.24) is 10.3 Å². The van der Waals surface area contributed by atoms with Crippen LogP contribution in [0.5, 0.6) is 0 Å². The Balaban J connectivity index is 1.67. The summed E-state index contributed by atoms with van der Waals surface area (Å²) in [4.78, 5) is 15.6. The quantitative estimate of drug-likeness (QED) is 0.772. The molecule has 114 valence electrons. The first-order valence-electron chi connectivity index (χ1n) is 7.47. The van der Waals surface area contributed by atoms with Gasteiger partial charge in [0.25, 0.3) is 5.91 Å². The Labute approximate surface area is 129 Å². The predicted octanol–water partition coefficient (Wildman–Crippen LogP) is 3.66. The summed E-state index contributed by atoms with van der Waals surface area (Å²) in [7, 11) is 0. The largest absolute Gasteiger partial charge is 0.466 e. The van der Waals surface area contributed by atoms with Gasteiger partial charge in [-0.15, -0.1) is 0 Å². The average Bonchev–Trinajstić information content (AvgIpc) is 3.01. The first-order valence-corrected chi connectivity index (χ1v) is 7.47. The third-order valence-corrected chi connectivity index (χ3v) is 4.14. The van der Waals surface area contributed by atoms with Gasteiger partial charge in [0.1, 0.15) is 11.5 Å². The Morgan fingerprint density at radius 3 is 2.68 bits per heavy atom.